The molecule has 1 aromatic carbocycles. The van der Waals surface area contributed by atoms with Crippen molar-refractivity contribution in [2.45, 2.75) is 45.3 Å². The number of carbonyl (C=O) groups excluding carboxylic acids is 1. The van der Waals surface area contributed by atoms with Crippen LogP contribution in [-0.2, 0) is 4.74 Å². The molecule has 0 N–H and O–H groups in total. The van der Waals surface area contributed by atoms with Gasteiger partial charge in [0.25, 0.3) is 0 Å². The maximum absolute atomic E-state index is 13.0. The summed E-state index contributed by atoms with van der Waals surface area (Å²) in [4.78, 5) is 15.3. The Hall–Kier alpha value is -1.98. The highest BCUT2D eigenvalue weighted by atomic mass is 19.2. The first-order valence-corrected chi connectivity index (χ1v) is 6.64. The second-order valence-corrected chi connectivity index (χ2v) is 5.88. The fourth-order valence-electron chi connectivity index (χ4n) is 1.80. The summed E-state index contributed by atoms with van der Waals surface area (Å²) in [6.45, 7) is 5.29. The summed E-state index contributed by atoms with van der Waals surface area (Å²) in [6.07, 6.45) is 0.135. The number of benzene rings is 1. The molecule has 0 radical (unpaired) electrons. The molecule has 6 heteroatoms. The van der Waals surface area contributed by atoms with Crippen LogP contribution >= 0.6 is 0 Å². The summed E-state index contributed by atoms with van der Waals surface area (Å²) in [6, 6.07) is 3.37. The first-order valence-electron chi connectivity index (χ1n) is 6.64. The molecular formula is C15H17F2NO3. The minimum Gasteiger partial charge on any atom is -0.490 e. The van der Waals surface area contributed by atoms with Gasteiger partial charge in [-0.3, -0.25) is 0 Å². The van der Waals surface area contributed by atoms with Crippen molar-refractivity contribution in [1.29, 1.82) is 0 Å². The second kappa shape index (κ2) is 5.79. The van der Waals surface area contributed by atoms with Crippen molar-refractivity contribution >= 4 is 11.8 Å². The molecule has 1 fully saturated rings. The van der Waals surface area contributed by atoms with E-state index in [4.69, 9.17) is 9.47 Å². The highest BCUT2D eigenvalue weighted by Crippen LogP contribution is 2.25. The lowest BCUT2D eigenvalue weighted by molar-refractivity contribution is 0.0601. The zero-order valence-electron chi connectivity index (χ0n) is 12.2. The molecule has 1 aliphatic carbocycles. The first-order chi connectivity index (χ1) is 9.73. The number of aliphatic imine (C=N–C) groups is 1. The van der Waals surface area contributed by atoms with Crippen LogP contribution in [0.3, 0.4) is 0 Å². The fourth-order valence-corrected chi connectivity index (χ4v) is 1.80. The Balaban J connectivity index is 1.83. The van der Waals surface area contributed by atoms with Gasteiger partial charge < -0.3 is 9.47 Å². The fraction of sp³-hybridized carbons (Fsp3) is 0.467. The van der Waals surface area contributed by atoms with E-state index in [1.165, 1.54) is 6.07 Å². The molecule has 1 aliphatic rings. The quantitative estimate of drug-likeness (QED) is 0.832. The van der Waals surface area contributed by atoms with E-state index >= 15 is 0 Å². The lowest BCUT2D eigenvalue weighted by Crippen LogP contribution is -2.35. The number of nitrogens with zero attached hydrogens (tertiary/aromatic N) is 1. The van der Waals surface area contributed by atoms with Crippen molar-refractivity contribution in [1.82, 2.24) is 0 Å². The SMILES string of the molecule is CC(C)(C)OC(=O)N=C1CC(Oc2ccc(F)c(F)c2)C1. The van der Waals surface area contributed by atoms with Gasteiger partial charge in [-0.15, -0.1) is 0 Å². The Morgan fingerprint density at radius 2 is 1.90 bits per heavy atom. The number of hydrogen-bond acceptors (Lipinski definition) is 3. The molecule has 1 aromatic rings. The van der Waals surface area contributed by atoms with Gasteiger partial charge in [-0.2, -0.15) is 4.99 Å². The van der Waals surface area contributed by atoms with E-state index in [1.54, 1.807) is 20.8 Å². The van der Waals surface area contributed by atoms with Gasteiger partial charge in [-0.25, -0.2) is 13.6 Å². The van der Waals surface area contributed by atoms with E-state index in [9.17, 15) is 13.6 Å². The van der Waals surface area contributed by atoms with Crippen LogP contribution in [0.15, 0.2) is 23.2 Å². The van der Waals surface area contributed by atoms with E-state index in [0.717, 1.165) is 12.1 Å². The molecule has 114 valence electrons. The molecule has 2 rings (SSSR count). The smallest absolute Gasteiger partial charge is 0.434 e. The Morgan fingerprint density at radius 1 is 1.24 bits per heavy atom. The zero-order valence-corrected chi connectivity index (χ0v) is 12.2. The number of halogens is 2. The van der Waals surface area contributed by atoms with Gasteiger partial charge in [0.1, 0.15) is 17.5 Å². The van der Waals surface area contributed by atoms with Gasteiger partial charge in [0.2, 0.25) is 0 Å². The molecule has 0 aromatic heterocycles. The first kappa shape index (κ1) is 15.4. The van der Waals surface area contributed by atoms with Crippen LogP contribution in [0.1, 0.15) is 33.6 Å². The number of carbonyl (C=O) groups is 1. The molecule has 1 saturated carbocycles. The molecule has 0 heterocycles. The van der Waals surface area contributed by atoms with Crippen LogP contribution in [0.5, 0.6) is 5.75 Å². The molecule has 21 heavy (non-hydrogen) atoms. The Labute approximate surface area is 121 Å². The largest absolute Gasteiger partial charge is 0.490 e. The van der Waals surface area contributed by atoms with Crippen molar-refractivity contribution in [2.24, 2.45) is 4.99 Å². The number of rotatable bonds is 2. The summed E-state index contributed by atoms with van der Waals surface area (Å²) in [5, 5.41) is 0. The molecule has 0 spiro atoms. The lowest BCUT2D eigenvalue weighted by atomic mass is 9.93. The minimum atomic E-state index is -0.950. The maximum Gasteiger partial charge on any atom is 0.434 e. The molecule has 0 aliphatic heterocycles. The molecule has 1 amide bonds. The van der Waals surface area contributed by atoms with Crippen LogP contribution in [0, 0.1) is 11.6 Å². The van der Waals surface area contributed by atoms with E-state index in [1.807, 2.05) is 0 Å². The number of ether oxygens (including phenoxy) is 2. The minimum absolute atomic E-state index is 0.184. The standard InChI is InChI=1S/C15H17F2NO3/c1-15(2,3)21-14(19)18-9-6-11(7-9)20-10-4-5-12(16)13(17)8-10/h4-5,8,11H,6-7H2,1-3H3. The molecule has 0 atom stereocenters. The number of amides is 1. The van der Waals surface area contributed by atoms with Crippen molar-refractivity contribution in [3.05, 3.63) is 29.8 Å². The summed E-state index contributed by atoms with van der Waals surface area (Å²) >= 11 is 0. The average molecular weight is 297 g/mol. The Morgan fingerprint density at radius 3 is 2.48 bits per heavy atom. The Bertz CT molecular complexity index is 571. The van der Waals surface area contributed by atoms with Crippen molar-refractivity contribution in [3.63, 3.8) is 0 Å². The van der Waals surface area contributed by atoms with Gasteiger partial charge in [-0.05, 0) is 32.9 Å². The summed E-state index contributed by atoms with van der Waals surface area (Å²) in [5.41, 5.74) is 0.101. The highest BCUT2D eigenvalue weighted by molar-refractivity contribution is 5.97. The van der Waals surface area contributed by atoms with Gasteiger partial charge in [-0.1, -0.05) is 0 Å². The van der Waals surface area contributed by atoms with Gasteiger partial charge in [0.15, 0.2) is 11.6 Å². The van der Waals surface area contributed by atoms with Crippen LogP contribution < -0.4 is 4.74 Å². The topological polar surface area (TPSA) is 47.9 Å². The average Bonchev–Trinajstić information content (AvgIpc) is 2.28. The maximum atomic E-state index is 13.0. The van der Waals surface area contributed by atoms with Crippen molar-refractivity contribution in [2.75, 3.05) is 0 Å². The molecule has 0 saturated heterocycles. The van der Waals surface area contributed by atoms with E-state index in [2.05, 4.69) is 4.99 Å². The van der Waals surface area contributed by atoms with Gasteiger partial charge in [0, 0.05) is 24.6 Å². The number of hydrogen-bond donors (Lipinski definition) is 0. The summed E-state index contributed by atoms with van der Waals surface area (Å²) < 4.78 is 36.3. The molecule has 4 nitrogen and oxygen atoms in total. The van der Waals surface area contributed by atoms with Crippen LogP contribution in [0.2, 0.25) is 0 Å². The predicted octanol–water partition coefficient (Wildman–Crippen LogP) is 3.88. The third-order valence-electron chi connectivity index (χ3n) is 2.76. The molecular weight excluding hydrogens is 280 g/mol. The van der Waals surface area contributed by atoms with Crippen LogP contribution in [0.25, 0.3) is 0 Å². The predicted molar refractivity (Wildman–Crippen MR) is 73.7 cm³/mol. The zero-order chi connectivity index (χ0) is 15.6. The van der Waals surface area contributed by atoms with E-state index < -0.39 is 23.3 Å². The summed E-state index contributed by atoms with van der Waals surface area (Å²) in [5.74, 6) is -1.60. The normalized spacial score (nSPS) is 18.0. The lowest BCUT2D eigenvalue weighted by Gasteiger charge is -2.28. The molecule has 0 bridgehead atoms. The van der Waals surface area contributed by atoms with Crippen molar-refractivity contribution < 1.29 is 23.0 Å². The van der Waals surface area contributed by atoms with Crippen LogP contribution in [0.4, 0.5) is 13.6 Å². The summed E-state index contributed by atoms with van der Waals surface area (Å²) in [7, 11) is 0. The van der Waals surface area contributed by atoms with E-state index in [-0.39, 0.29) is 11.9 Å². The van der Waals surface area contributed by atoms with Crippen LogP contribution in [-0.4, -0.2) is 23.5 Å². The third kappa shape index (κ3) is 4.51. The Kier molecular flexibility index (Phi) is 4.25. The molecule has 0 unspecified atom stereocenters. The second-order valence-electron chi connectivity index (χ2n) is 5.88. The van der Waals surface area contributed by atoms with Gasteiger partial charge in [0.05, 0.1) is 0 Å². The van der Waals surface area contributed by atoms with Gasteiger partial charge >= 0.3 is 6.09 Å². The highest BCUT2D eigenvalue weighted by Gasteiger charge is 2.28. The third-order valence-corrected chi connectivity index (χ3v) is 2.76. The monoisotopic (exact) mass is 297 g/mol. The van der Waals surface area contributed by atoms with E-state index in [0.29, 0.717) is 18.6 Å². The van der Waals surface area contributed by atoms with Crippen molar-refractivity contribution in [3.8, 4) is 5.75 Å².